The van der Waals surface area contributed by atoms with Crippen LogP contribution in [-0.2, 0) is 4.79 Å². The van der Waals surface area contributed by atoms with Crippen molar-refractivity contribution in [2.24, 2.45) is 5.92 Å². The molecule has 1 aromatic rings. The zero-order chi connectivity index (χ0) is 9.26. The molecule has 2 rings (SSSR count). The lowest BCUT2D eigenvalue weighted by Gasteiger charge is -2.25. The highest BCUT2D eigenvalue weighted by Gasteiger charge is 2.27. The summed E-state index contributed by atoms with van der Waals surface area (Å²) in [5.41, 5.74) is 0. The number of aromatic nitrogens is 3. The van der Waals surface area contributed by atoms with Gasteiger partial charge in [0.05, 0.1) is 0 Å². The monoisotopic (exact) mass is 179 g/mol. The van der Waals surface area contributed by atoms with Gasteiger partial charge in [0.15, 0.2) is 5.78 Å². The number of rotatable bonds is 1. The van der Waals surface area contributed by atoms with Gasteiger partial charge in [0.1, 0.15) is 18.7 Å². The molecule has 1 aliphatic carbocycles. The van der Waals surface area contributed by atoms with Gasteiger partial charge in [0.25, 0.3) is 0 Å². The first-order valence-electron chi connectivity index (χ1n) is 4.64. The van der Waals surface area contributed by atoms with Gasteiger partial charge in [-0.05, 0) is 18.8 Å². The molecule has 0 saturated heterocycles. The molecule has 0 radical (unpaired) electrons. The van der Waals surface area contributed by atoms with E-state index in [-0.39, 0.29) is 6.04 Å². The Hall–Kier alpha value is -1.19. The van der Waals surface area contributed by atoms with E-state index < -0.39 is 0 Å². The topological polar surface area (TPSA) is 47.8 Å². The van der Waals surface area contributed by atoms with Crippen LogP contribution in [0.25, 0.3) is 0 Å². The van der Waals surface area contributed by atoms with Crippen LogP contribution < -0.4 is 0 Å². The predicted molar refractivity (Wildman–Crippen MR) is 47.1 cm³/mol. The fraction of sp³-hybridized carbons (Fsp3) is 0.667. The summed E-state index contributed by atoms with van der Waals surface area (Å²) in [5, 5.41) is 4.01. The lowest BCUT2D eigenvalue weighted by atomic mass is 9.86. The van der Waals surface area contributed by atoms with Crippen molar-refractivity contribution in [2.75, 3.05) is 0 Å². The van der Waals surface area contributed by atoms with E-state index in [9.17, 15) is 4.79 Å². The lowest BCUT2D eigenvalue weighted by molar-refractivity contribution is -0.125. The van der Waals surface area contributed by atoms with E-state index in [1.165, 1.54) is 6.33 Å². The minimum Gasteiger partial charge on any atom is -0.297 e. The normalized spacial score (nSPS) is 29.2. The highest BCUT2D eigenvalue weighted by molar-refractivity contribution is 5.83. The Balaban J connectivity index is 2.17. The van der Waals surface area contributed by atoms with Crippen LogP contribution >= 0.6 is 0 Å². The average Bonchev–Trinajstić information content (AvgIpc) is 2.61. The van der Waals surface area contributed by atoms with Gasteiger partial charge in [0.2, 0.25) is 0 Å². The molecule has 0 aromatic carbocycles. The molecular formula is C9H13N3O. The molecule has 0 bridgehead atoms. The van der Waals surface area contributed by atoms with Gasteiger partial charge in [0, 0.05) is 6.42 Å². The van der Waals surface area contributed by atoms with Crippen molar-refractivity contribution in [3.05, 3.63) is 12.7 Å². The van der Waals surface area contributed by atoms with E-state index in [0.717, 1.165) is 12.8 Å². The summed E-state index contributed by atoms with van der Waals surface area (Å²) in [6, 6.07) is -0.0637. The number of hydrogen-bond acceptors (Lipinski definition) is 3. The van der Waals surface area contributed by atoms with Gasteiger partial charge in [-0.3, -0.25) is 4.79 Å². The van der Waals surface area contributed by atoms with E-state index in [1.807, 2.05) is 0 Å². The summed E-state index contributed by atoms with van der Waals surface area (Å²) in [6.07, 6.45) is 5.71. The summed E-state index contributed by atoms with van der Waals surface area (Å²) in [4.78, 5) is 15.4. The predicted octanol–water partition coefficient (Wildman–Crippen LogP) is 1.21. The number of carbonyl (C=O) groups excluding carboxylic acids is 1. The third-order valence-electron chi connectivity index (χ3n) is 2.64. The Morgan fingerprint density at radius 2 is 2.46 bits per heavy atom. The van der Waals surface area contributed by atoms with Crippen LogP contribution in [0.1, 0.15) is 32.2 Å². The van der Waals surface area contributed by atoms with Crippen LogP contribution in [0.4, 0.5) is 0 Å². The van der Waals surface area contributed by atoms with Crippen molar-refractivity contribution in [2.45, 2.75) is 32.2 Å². The van der Waals surface area contributed by atoms with E-state index in [0.29, 0.717) is 18.1 Å². The Bertz CT molecular complexity index is 294. The Kier molecular flexibility index (Phi) is 2.12. The summed E-state index contributed by atoms with van der Waals surface area (Å²) < 4.78 is 1.68. The van der Waals surface area contributed by atoms with E-state index >= 15 is 0 Å². The summed E-state index contributed by atoms with van der Waals surface area (Å²) >= 11 is 0. The zero-order valence-corrected chi connectivity index (χ0v) is 7.68. The average molecular weight is 179 g/mol. The van der Waals surface area contributed by atoms with E-state index in [2.05, 4.69) is 17.0 Å². The first-order chi connectivity index (χ1) is 6.27. The minimum absolute atomic E-state index is 0.0637. The second-order valence-electron chi connectivity index (χ2n) is 3.74. The van der Waals surface area contributed by atoms with Crippen molar-refractivity contribution < 1.29 is 4.79 Å². The maximum Gasteiger partial charge on any atom is 0.157 e. The molecule has 0 spiro atoms. The quantitative estimate of drug-likeness (QED) is 0.651. The highest BCUT2D eigenvalue weighted by atomic mass is 16.1. The molecule has 0 N–H and O–H groups in total. The van der Waals surface area contributed by atoms with Gasteiger partial charge in [-0.25, -0.2) is 9.67 Å². The first kappa shape index (κ1) is 8.41. The van der Waals surface area contributed by atoms with Crippen molar-refractivity contribution in [3.8, 4) is 0 Å². The molecule has 4 nitrogen and oxygen atoms in total. The molecule has 1 heterocycles. The molecule has 2 atom stereocenters. The van der Waals surface area contributed by atoms with Crippen LogP contribution in [0, 0.1) is 5.92 Å². The molecule has 1 aromatic heterocycles. The zero-order valence-electron chi connectivity index (χ0n) is 7.68. The van der Waals surface area contributed by atoms with Gasteiger partial charge in [-0.15, -0.1) is 0 Å². The molecule has 1 aliphatic rings. The van der Waals surface area contributed by atoms with Crippen molar-refractivity contribution in [1.82, 2.24) is 14.8 Å². The number of Topliss-reactive ketones (excluding diaryl/α,β-unsaturated/α-hetero) is 1. The SMILES string of the molecule is C[C@H]1CCC(=O)[C@H](n2cncn2)C1. The van der Waals surface area contributed by atoms with Gasteiger partial charge < -0.3 is 0 Å². The van der Waals surface area contributed by atoms with E-state index in [1.54, 1.807) is 11.0 Å². The largest absolute Gasteiger partial charge is 0.297 e. The van der Waals surface area contributed by atoms with Crippen LogP contribution in [0.2, 0.25) is 0 Å². The molecule has 1 fully saturated rings. The van der Waals surface area contributed by atoms with E-state index in [4.69, 9.17) is 0 Å². The Morgan fingerprint density at radius 1 is 1.62 bits per heavy atom. The fourth-order valence-electron chi connectivity index (χ4n) is 1.82. The second kappa shape index (κ2) is 3.28. The summed E-state index contributed by atoms with van der Waals surface area (Å²) in [5.74, 6) is 0.913. The van der Waals surface area contributed by atoms with Crippen LogP contribution in [0.3, 0.4) is 0 Å². The number of carbonyl (C=O) groups is 1. The second-order valence-corrected chi connectivity index (χ2v) is 3.74. The highest BCUT2D eigenvalue weighted by Crippen LogP contribution is 2.28. The molecule has 0 unspecified atom stereocenters. The molecule has 4 heteroatoms. The van der Waals surface area contributed by atoms with Crippen molar-refractivity contribution >= 4 is 5.78 Å². The Morgan fingerprint density at radius 3 is 3.15 bits per heavy atom. The summed E-state index contributed by atoms with van der Waals surface area (Å²) in [6.45, 7) is 2.18. The van der Waals surface area contributed by atoms with Gasteiger partial charge >= 0.3 is 0 Å². The van der Waals surface area contributed by atoms with Crippen LogP contribution in [-0.4, -0.2) is 20.5 Å². The first-order valence-corrected chi connectivity index (χ1v) is 4.64. The maximum atomic E-state index is 11.5. The fourth-order valence-corrected chi connectivity index (χ4v) is 1.82. The van der Waals surface area contributed by atoms with Gasteiger partial charge in [-0.1, -0.05) is 6.92 Å². The molecule has 13 heavy (non-hydrogen) atoms. The maximum absolute atomic E-state index is 11.5. The third kappa shape index (κ3) is 1.61. The van der Waals surface area contributed by atoms with Crippen molar-refractivity contribution in [3.63, 3.8) is 0 Å². The molecular weight excluding hydrogens is 166 g/mol. The smallest absolute Gasteiger partial charge is 0.157 e. The summed E-state index contributed by atoms with van der Waals surface area (Å²) in [7, 11) is 0. The van der Waals surface area contributed by atoms with Crippen LogP contribution in [0.5, 0.6) is 0 Å². The number of ketones is 1. The number of hydrogen-bond donors (Lipinski definition) is 0. The Labute approximate surface area is 77.0 Å². The molecule has 70 valence electrons. The van der Waals surface area contributed by atoms with Gasteiger partial charge in [-0.2, -0.15) is 5.10 Å². The van der Waals surface area contributed by atoms with Crippen LogP contribution in [0.15, 0.2) is 12.7 Å². The molecule has 1 saturated carbocycles. The minimum atomic E-state index is -0.0637. The molecule has 0 amide bonds. The standard InChI is InChI=1S/C9H13N3O/c1-7-2-3-9(13)8(4-7)12-6-10-5-11-12/h5-8H,2-4H2,1H3/t7-,8+/m0/s1. The lowest BCUT2D eigenvalue weighted by Crippen LogP contribution is -2.27. The number of nitrogens with zero attached hydrogens (tertiary/aromatic N) is 3. The molecule has 0 aliphatic heterocycles. The van der Waals surface area contributed by atoms with Crippen molar-refractivity contribution in [1.29, 1.82) is 0 Å². The third-order valence-corrected chi connectivity index (χ3v) is 2.64.